The van der Waals surface area contributed by atoms with Gasteiger partial charge in [0.1, 0.15) is 17.6 Å². The minimum Gasteiger partial charge on any atom is -0.489 e. The third-order valence-corrected chi connectivity index (χ3v) is 7.57. The first-order chi connectivity index (χ1) is 17.3. The summed E-state index contributed by atoms with van der Waals surface area (Å²) in [6.07, 6.45) is 19.3. The monoisotopic (exact) mass is 501 g/mol. The number of hydrogen-bond acceptors (Lipinski definition) is 4. The maximum atomic E-state index is 12.2. The lowest BCUT2D eigenvalue weighted by Crippen LogP contribution is -2.28. The van der Waals surface area contributed by atoms with Gasteiger partial charge in [0.25, 0.3) is 0 Å². The summed E-state index contributed by atoms with van der Waals surface area (Å²) in [7, 11) is 0. The van der Waals surface area contributed by atoms with Crippen LogP contribution >= 0.6 is 0 Å². The summed E-state index contributed by atoms with van der Waals surface area (Å²) < 4.78 is 11.7. The Morgan fingerprint density at radius 1 is 0.833 bits per heavy atom. The van der Waals surface area contributed by atoms with E-state index in [9.17, 15) is 9.59 Å². The third-order valence-electron chi connectivity index (χ3n) is 7.57. The molecule has 1 aromatic rings. The molecule has 5 heteroatoms. The van der Waals surface area contributed by atoms with Gasteiger partial charge in [0, 0.05) is 38.3 Å². The molecule has 1 heterocycles. The van der Waals surface area contributed by atoms with Crippen molar-refractivity contribution in [3.63, 3.8) is 0 Å². The lowest BCUT2D eigenvalue weighted by molar-refractivity contribution is -0.132. The van der Waals surface area contributed by atoms with Crippen molar-refractivity contribution in [2.75, 3.05) is 6.54 Å². The highest BCUT2D eigenvalue weighted by molar-refractivity contribution is 5.75. The number of benzene rings is 1. The first kappa shape index (κ1) is 30.2. The molecule has 0 aliphatic carbocycles. The molecule has 5 nitrogen and oxygen atoms in total. The molecule has 36 heavy (non-hydrogen) atoms. The quantitative estimate of drug-likeness (QED) is 0.126. The Morgan fingerprint density at radius 2 is 1.39 bits per heavy atom. The Balaban J connectivity index is 1.53. The predicted octanol–water partition coefficient (Wildman–Crippen LogP) is 7.83. The van der Waals surface area contributed by atoms with Gasteiger partial charge in [-0.25, -0.2) is 0 Å². The van der Waals surface area contributed by atoms with E-state index in [1.807, 2.05) is 20.8 Å². The van der Waals surface area contributed by atoms with Gasteiger partial charge in [-0.1, -0.05) is 84.0 Å². The van der Waals surface area contributed by atoms with Crippen molar-refractivity contribution in [1.82, 2.24) is 5.32 Å². The van der Waals surface area contributed by atoms with Crippen molar-refractivity contribution < 1.29 is 19.1 Å². The van der Waals surface area contributed by atoms with Gasteiger partial charge in [-0.05, 0) is 43.9 Å². The maximum Gasteiger partial charge on any atom is 0.308 e. The number of carbonyl (C=O) groups excluding carboxylic acids is 2. The highest BCUT2D eigenvalue weighted by Gasteiger charge is 2.29. The molecule has 1 amide bonds. The topological polar surface area (TPSA) is 64.6 Å². The fourth-order valence-corrected chi connectivity index (χ4v) is 5.22. The van der Waals surface area contributed by atoms with Crippen LogP contribution in [-0.2, 0) is 16.0 Å². The Morgan fingerprint density at radius 3 is 1.94 bits per heavy atom. The summed E-state index contributed by atoms with van der Waals surface area (Å²) >= 11 is 0. The van der Waals surface area contributed by atoms with Crippen LogP contribution in [-0.4, -0.2) is 24.5 Å². The molecule has 0 saturated heterocycles. The van der Waals surface area contributed by atoms with E-state index < -0.39 is 0 Å². The second kappa shape index (κ2) is 16.7. The Hall–Kier alpha value is -2.04. The zero-order valence-electron chi connectivity index (χ0n) is 23.7. The lowest BCUT2D eigenvalue weighted by Gasteiger charge is -2.16. The average molecular weight is 502 g/mol. The van der Waals surface area contributed by atoms with Crippen LogP contribution in [0.2, 0.25) is 0 Å². The smallest absolute Gasteiger partial charge is 0.308 e. The highest BCUT2D eigenvalue weighted by atomic mass is 16.5. The summed E-state index contributed by atoms with van der Waals surface area (Å²) in [6, 6.07) is 0. The van der Waals surface area contributed by atoms with Gasteiger partial charge in [-0.2, -0.15) is 0 Å². The number of esters is 1. The predicted molar refractivity (Wildman–Crippen MR) is 148 cm³/mol. The van der Waals surface area contributed by atoms with Crippen LogP contribution in [0.25, 0.3) is 0 Å². The number of fused-ring (bicyclic) bond motifs is 1. The summed E-state index contributed by atoms with van der Waals surface area (Å²) in [5.41, 5.74) is 4.09. The van der Waals surface area contributed by atoms with Crippen LogP contribution < -0.4 is 14.8 Å². The SMILES string of the molecule is CCCCCCCCCCCCCCCC(=O)NCCC1Cc2c(C)c(OC(C)=O)c(C)c(C)c2O1. The van der Waals surface area contributed by atoms with E-state index in [0.29, 0.717) is 18.7 Å². The second-order valence-corrected chi connectivity index (χ2v) is 10.7. The molecule has 0 aromatic heterocycles. The van der Waals surface area contributed by atoms with Crippen LogP contribution in [0.4, 0.5) is 0 Å². The first-order valence-electron chi connectivity index (χ1n) is 14.6. The van der Waals surface area contributed by atoms with Gasteiger partial charge in [-0.3, -0.25) is 9.59 Å². The number of ether oxygens (including phenoxy) is 2. The molecule has 1 atom stereocenters. The highest BCUT2D eigenvalue weighted by Crippen LogP contribution is 2.42. The van der Waals surface area contributed by atoms with Gasteiger partial charge in [0.2, 0.25) is 5.91 Å². The van der Waals surface area contributed by atoms with Crippen LogP contribution in [0.3, 0.4) is 0 Å². The molecular weight excluding hydrogens is 450 g/mol. The van der Waals surface area contributed by atoms with E-state index in [1.165, 1.54) is 77.6 Å². The molecule has 1 N–H and O–H groups in total. The minimum absolute atomic E-state index is 0.0426. The van der Waals surface area contributed by atoms with E-state index in [2.05, 4.69) is 12.2 Å². The van der Waals surface area contributed by atoms with Crippen molar-refractivity contribution in [3.05, 3.63) is 22.3 Å². The summed E-state index contributed by atoms with van der Waals surface area (Å²) in [4.78, 5) is 23.8. The van der Waals surface area contributed by atoms with Crippen LogP contribution in [0, 0.1) is 20.8 Å². The largest absolute Gasteiger partial charge is 0.489 e. The second-order valence-electron chi connectivity index (χ2n) is 10.7. The molecule has 1 unspecified atom stereocenters. The van der Waals surface area contributed by atoms with Gasteiger partial charge in [0.15, 0.2) is 0 Å². The number of hydrogen-bond donors (Lipinski definition) is 1. The van der Waals surface area contributed by atoms with Gasteiger partial charge in [0.05, 0.1) is 0 Å². The first-order valence-corrected chi connectivity index (χ1v) is 14.6. The molecule has 0 radical (unpaired) electrons. The van der Waals surface area contributed by atoms with E-state index in [-0.39, 0.29) is 18.0 Å². The number of nitrogens with one attached hydrogen (secondary N) is 1. The molecule has 2 rings (SSSR count). The molecule has 204 valence electrons. The van der Waals surface area contributed by atoms with Crippen molar-refractivity contribution in [2.45, 2.75) is 143 Å². The zero-order valence-corrected chi connectivity index (χ0v) is 23.7. The molecular formula is C31H51NO4. The minimum atomic E-state index is -0.303. The molecule has 0 saturated carbocycles. The van der Waals surface area contributed by atoms with Gasteiger partial charge in [-0.15, -0.1) is 0 Å². The Kier molecular flexibility index (Phi) is 14.0. The maximum absolute atomic E-state index is 12.2. The molecule has 0 spiro atoms. The lowest BCUT2D eigenvalue weighted by atomic mass is 9.95. The van der Waals surface area contributed by atoms with E-state index in [0.717, 1.165) is 53.7 Å². The standard InChI is InChI=1S/C31H51NO4/c1-6-7-8-9-10-11-12-13-14-15-16-17-18-19-29(34)32-21-20-27-22-28-25(4)30(35-26(5)33)23(2)24(3)31(28)36-27/h27H,6-22H2,1-5H3,(H,32,34). The molecule has 1 aromatic carbocycles. The number of amides is 1. The molecule has 0 fully saturated rings. The molecule has 1 aliphatic heterocycles. The molecule has 0 bridgehead atoms. The number of rotatable bonds is 18. The fraction of sp³-hybridized carbons (Fsp3) is 0.742. The van der Waals surface area contributed by atoms with Gasteiger partial charge < -0.3 is 14.8 Å². The zero-order chi connectivity index (χ0) is 26.3. The van der Waals surface area contributed by atoms with Crippen molar-refractivity contribution in [2.24, 2.45) is 0 Å². The Labute approximate surface area is 220 Å². The van der Waals surface area contributed by atoms with Crippen LogP contribution in [0.15, 0.2) is 0 Å². The van der Waals surface area contributed by atoms with E-state index in [4.69, 9.17) is 9.47 Å². The third kappa shape index (κ3) is 10.1. The summed E-state index contributed by atoms with van der Waals surface area (Å²) in [5.74, 6) is 1.43. The van der Waals surface area contributed by atoms with Crippen LogP contribution in [0.5, 0.6) is 11.5 Å². The average Bonchev–Trinajstić information content (AvgIpc) is 3.28. The number of carbonyl (C=O) groups is 2. The fourth-order valence-electron chi connectivity index (χ4n) is 5.22. The van der Waals surface area contributed by atoms with Crippen molar-refractivity contribution in [3.8, 4) is 11.5 Å². The van der Waals surface area contributed by atoms with E-state index >= 15 is 0 Å². The number of unbranched alkanes of at least 4 members (excludes halogenated alkanes) is 12. The van der Waals surface area contributed by atoms with Crippen molar-refractivity contribution in [1.29, 1.82) is 0 Å². The van der Waals surface area contributed by atoms with Crippen LogP contribution in [0.1, 0.15) is 132 Å². The van der Waals surface area contributed by atoms with Crippen molar-refractivity contribution >= 4 is 11.9 Å². The Bertz CT molecular complexity index is 833. The summed E-state index contributed by atoms with van der Waals surface area (Å²) in [5, 5.41) is 3.07. The molecule has 1 aliphatic rings. The normalized spacial score (nSPS) is 14.4. The van der Waals surface area contributed by atoms with E-state index in [1.54, 1.807) is 0 Å². The van der Waals surface area contributed by atoms with Gasteiger partial charge >= 0.3 is 5.97 Å². The summed E-state index contributed by atoms with van der Waals surface area (Å²) in [6.45, 7) is 10.3.